The molecule has 28 heavy (non-hydrogen) atoms. The van der Waals surface area contributed by atoms with E-state index in [1.165, 1.54) is 6.07 Å². The van der Waals surface area contributed by atoms with Crippen LogP contribution in [-0.4, -0.2) is 50.9 Å². The molecule has 1 aliphatic rings. The van der Waals surface area contributed by atoms with Crippen LogP contribution in [0, 0.1) is 24.6 Å². The molecule has 0 N–H and O–H groups in total. The Morgan fingerprint density at radius 1 is 1.25 bits per heavy atom. The molecule has 0 saturated carbocycles. The van der Waals surface area contributed by atoms with Crippen molar-refractivity contribution in [3.8, 4) is 0 Å². The minimum atomic E-state index is -0.161. The van der Waals surface area contributed by atoms with Crippen LogP contribution < -0.4 is 0 Å². The summed E-state index contributed by atoms with van der Waals surface area (Å²) in [7, 11) is 0. The zero-order valence-electron chi connectivity index (χ0n) is 17.3. The number of hydrogen-bond donors (Lipinski definition) is 0. The van der Waals surface area contributed by atoms with E-state index in [0.717, 1.165) is 18.9 Å². The van der Waals surface area contributed by atoms with E-state index in [2.05, 4.69) is 23.7 Å². The number of carbonyl (C=O) groups excluding carboxylic acids is 1. The number of imidazole rings is 1. The minimum absolute atomic E-state index is 0.104. The summed E-state index contributed by atoms with van der Waals surface area (Å²) in [6.07, 6.45) is 3.69. The Kier molecular flexibility index (Phi) is 6.50. The molecule has 2 heterocycles. The van der Waals surface area contributed by atoms with Crippen LogP contribution in [0.5, 0.6) is 0 Å². The molecule has 2 atom stereocenters. The van der Waals surface area contributed by atoms with Gasteiger partial charge >= 0.3 is 0 Å². The lowest BCUT2D eigenvalue weighted by atomic mass is 9.97. The second-order valence-corrected chi connectivity index (χ2v) is 8.20. The van der Waals surface area contributed by atoms with Gasteiger partial charge in [0.15, 0.2) is 0 Å². The van der Waals surface area contributed by atoms with E-state index in [1.54, 1.807) is 12.3 Å². The monoisotopic (exact) mass is 386 g/mol. The lowest BCUT2D eigenvalue weighted by molar-refractivity contribution is -0.142. The summed E-state index contributed by atoms with van der Waals surface area (Å²) in [6, 6.07) is 7.08. The van der Waals surface area contributed by atoms with E-state index in [0.29, 0.717) is 31.1 Å². The Balaban J connectivity index is 1.66. The molecule has 152 valence electrons. The lowest BCUT2D eigenvalue weighted by Crippen LogP contribution is -2.58. The predicted octanol–water partition coefficient (Wildman–Crippen LogP) is 3.34. The molecule has 1 saturated heterocycles. The highest BCUT2D eigenvalue weighted by Gasteiger charge is 2.34. The third-order valence-electron chi connectivity index (χ3n) is 5.72. The van der Waals surface area contributed by atoms with Gasteiger partial charge in [0, 0.05) is 56.7 Å². The van der Waals surface area contributed by atoms with Crippen molar-refractivity contribution in [1.29, 1.82) is 0 Å². The summed E-state index contributed by atoms with van der Waals surface area (Å²) >= 11 is 0. The molecule has 6 heteroatoms. The van der Waals surface area contributed by atoms with Crippen LogP contribution in [0.1, 0.15) is 32.2 Å². The zero-order valence-corrected chi connectivity index (χ0v) is 17.3. The fourth-order valence-corrected chi connectivity index (χ4v) is 3.98. The molecule has 2 aromatic rings. The number of amides is 1. The number of carbonyl (C=O) groups is 1. The van der Waals surface area contributed by atoms with Crippen LogP contribution in [0.4, 0.5) is 4.39 Å². The van der Waals surface area contributed by atoms with Crippen LogP contribution in [0.15, 0.2) is 36.7 Å². The Labute approximate surface area is 167 Å². The largest absolute Gasteiger partial charge is 0.337 e. The van der Waals surface area contributed by atoms with Crippen LogP contribution >= 0.6 is 0 Å². The summed E-state index contributed by atoms with van der Waals surface area (Å²) in [4.78, 5) is 21.7. The highest BCUT2D eigenvalue weighted by molar-refractivity contribution is 5.79. The second-order valence-electron chi connectivity index (χ2n) is 8.20. The Morgan fingerprint density at radius 2 is 2.00 bits per heavy atom. The van der Waals surface area contributed by atoms with Crippen LogP contribution in [0.2, 0.25) is 0 Å². The van der Waals surface area contributed by atoms with Gasteiger partial charge in [0.25, 0.3) is 0 Å². The maximum atomic E-state index is 14.0. The first kappa shape index (κ1) is 20.5. The van der Waals surface area contributed by atoms with E-state index in [-0.39, 0.29) is 23.7 Å². The Bertz CT molecular complexity index is 803. The van der Waals surface area contributed by atoms with Gasteiger partial charge in [0.1, 0.15) is 11.6 Å². The Hall–Kier alpha value is -2.21. The van der Waals surface area contributed by atoms with Crippen molar-refractivity contribution in [2.75, 3.05) is 19.6 Å². The second kappa shape index (κ2) is 8.86. The molecule has 0 bridgehead atoms. The molecular formula is C22H31FN4O. The zero-order chi connectivity index (χ0) is 20.3. The fourth-order valence-electron chi connectivity index (χ4n) is 3.98. The van der Waals surface area contributed by atoms with Crippen LogP contribution in [0.25, 0.3) is 0 Å². The van der Waals surface area contributed by atoms with Gasteiger partial charge in [-0.1, -0.05) is 39.0 Å². The molecule has 1 fully saturated rings. The number of benzene rings is 1. The van der Waals surface area contributed by atoms with Crippen molar-refractivity contribution >= 4 is 5.91 Å². The SMILES string of the molecule is Cc1nccn1C[C@H](C)C(=O)N1CCN(Cc2ccccc2F)C[C@@H]1C(C)C. The molecule has 3 rings (SSSR count). The summed E-state index contributed by atoms with van der Waals surface area (Å²) in [5.74, 6) is 1.19. The molecule has 5 nitrogen and oxygen atoms in total. The normalized spacial score (nSPS) is 19.2. The topological polar surface area (TPSA) is 41.4 Å². The van der Waals surface area contributed by atoms with Crippen molar-refractivity contribution < 1.29 is 9.18 Å². The minimum Gasteiger partial charge on any atom is -0.337 e. The third-order valence-corrected chi connectivity index (χ3v) is 5.72. The van der Waals surface area contributed by atoms with E-state index in [9.17, 15) is 9.18 Å². The number of aryl methyl sites for hydroxylation is 1. The van der Waals surface area contributed by atoms with Crippen LogP contribution in [0.3, 0.4) is 0 Å². The maximum Gasteiger partial charge on any atom is 0.227 e. The summed E-state index contributed by atoms with van der Waals surface area (Å²) in [6.45, 7) is 11.7. The highest BCUT2D eigenvalue weighted by Crippen LogP contribution is 2.22. The van der Waals surface area contributed by atoms with E-state index < -0.39 is 0 Å². The van der Waals surface area contributed by atoms with Gasteiger partial charge < -0.3 is 9.47 Å². The molecule has 1 amide bonds. The third kappa shape index (κ3) is 4.61. The highest BCUT2D eigenvalue weighted by atomic mass is 19.1. The summed E-state index contributed by atoms with van der Waals surface area (Å²) in [5, 5.41) is 0. The summed E-state index contributed by atoms with van der Waals surface area (Å²) < 4.78 is 16.1. The standard InChI is InChI=1S/C22H31FN4O/c1-16(2)21-15-25(14-19-7-5-6-8-20(19)23)11-12-27(21)22(28)17(3)13-26-10-9-24-18(26)4/h5-10,16-17,21H,11-15H2,1-4H3/t17-,21+/m0/s1. The number of aromatic nitrogens is 2. The molecule has 0 spiro atoms. The number of rotatable bonds is 6. The quantitative estimate of drug-likeness (QED) is 0.765. The van der Waals surface area contributed by atoms with Gasteiger partial charge in [-0.05, 0) is 18.9 Å². The number of hydrogen-bond acceptors (Lipinski definition) is 3. The van der Waals surface area contributed by atoms with E-state index in [1.807, 2.05) is 41.6 Å². The van der Waals surface area contributed by atoms with E-state index >= 15 is 0 Å². The smallest absolute Gasteiger partial charge is 0.227 e. The molecule has 1 aliphatic heterocycles. The van der Waals surface area contributed by atoms with Crippen molar-refractivity contribution in [3.05, 3.63) is 53.9 Å². The Morgan fingerprint density at radius 3 is 2.64 bits per heavy atom. The predicted molar refractivity (Wildman–Crippen MR) is 108 cm³/mol. The van der Waals surface area contributed by atoms with Gasteiger partial charge in [0.05, 0.1) is 5.92 Å². The molecule has 0 radical (unpaired) electrons. The molecule has 1 aromatic heterocycles. The maximum absolute atomic E-state index is 14.0. The molecular weight excluding hydrogens is 355 g/mol. The van der Waals surface area contributed by atoms with Gasteiger partial charge in [-0.3, -0.25) is 9.69 Å². The molecule has 0 unspecified atom stereocenters. The first-order valence-electron chi connectivity index (χ1n) is 10.1. The first-order valence-corrected chi connectivity index (χ1v) is 10.1. The molecule has 0 aliphatic carbocycles. The van der Waals surface area contributed by atoms with Crippen molar-refractivity contribution in [3.63, 3.8) is 0 Å². The van der Waals surface area contributed by atoms with Crippen molar-refractivity contribution in [2.24, 2.45) is 11.8 Å². The van der Waals surface area contributed by atoms with Gasteiger partial charge in [0.2, 0.25) is 5.91 Å². The lowest BCUT2D eigenvalue weighted by Gasteiger charge is -2.44. The van der Waals surface area contributed by atoms with Crippen LogP contribution in [-0.2, 0) is 17.9 Å². The van der Waals surface area contributed by atoms with Gasteiger partial charge in [-0.15, -0.1) is 0 Å². The van der Waals surface area contributed by atoms with Gasteiger partial charge in [-0.25, -0.2) is 9.37 Å². The molecule has 1 aromatic carbocycles. The number of halogens is 1. The van der Waals surface area contributed by atoms with Gasteiger partial charge in [-0.2, -0.15) is 0 Å². The average molecular weight is 387 g/mol. The van der Waals surface area contributed by atoms with Crippen molar-refractivity contribution in [2.45, 2.75) is 46.8 Å². The average Bonchev–Trinajstić information content (AvgIpc) is 3.07. The first-order chi connectivity index (χ1) is 13.4. The van der Waals surface area contributed by atoms with Crippen molar-refractivity contribution in [1.82, 2.24) is 19.4 Å². The van der Waals surface area contributed by atoms with E-state index in [4.69, 9.17) is 0 Å². The fraction of sp³-hybridized carbons (Fsp3) is 0.545. The number of nitrogens with zero attached hydrogens (tertiary/aromatic N) is 4. The number of piperazine rings is 1. The summed E-state index contributed by atoms with van der Waals surface area (Å²) in [5.41, 5.74) is 0.716.